The molecule has 0 spiro atoms. The molecule has 0 amide bonds. The molecule has 0 N–H and O–H groups in total. The van der Waals surface area contributed by atoms with Gasteiger partial charge in [-0.3, -0.25) is 9.69 Å². The monoisotopic (exact) mass is 143 g/mol. The quantitative estimate of drug-likeness (QED) is 0.591. The number of hydrogen-bond donors (Lipinski definition) is 0. The highest BCUT2D eigenvalue weighted by Crippen LogP contribution is 2.07. The van der Waals surface area contributed by atoms with Gasteiger partial charge in [-0.2, -0.15) is 0 Å². The average Bonchev–Trinajstić information content (AvgIpc) is 1.59. The topological polar surface area (TPSA) is 20.3 Å². The number of Topliss-reactive ketones (excluding diaryl/α,β-unsaturated/α-hetero) is 1. The van der Waals surface area contributed by atoms with Crippen LogP contribution in [0, 0.1) is 5.92 Å². The van der Waals surface area contributed by atoms with Crippen LogP contribution in [0.15, 0.2) is 0 Å². The minimum absolute atomic E-state index is 0.0833. The van der Waals surface area contributed by atoms with Crippen molar-refractivity contribution >= 4 is 5.78 Å². The minimum atomic E-state index is 0.0833. The molecule has 10 heavy (non-hydrogen) atoms. The maximum Gasteiger partial charge on any atom is 0.147 e. The van der Waals surface area contributed by atoms with Crippen LogP contribution in [0.3, 0.4) is 0 Å². The van der Waals surface area contributed by atoms with Crippen molar-refractivity contribution in [3.05, 3.63) is 0 Å². The van der Waals surface area contributed by atoms with Crippen molar-refractivity contribution in [2.24, 2.45) is 5.92 Å². The summed E-state index contributed by atoms with van der Waals surface area (Å²) < 4.78 is 0. The first kappa shape index (κ1) is 9.63. The normalized spacial score (nSPS) is 14.3. The third-order valence-corrected chi connectivity index (χ3v) is 1.60. The predicted octanol–water partition coefficient (Wildman–Crippen LogP) is 1.16. The summed E-state index contributed by atoms with van der Waals surface area (Å²) in [7, 11) is 3.87. The zero-order valence-electron chi connectivity index (χ0n) is 7.51. The lowest BCUT2D eigenvalue weighted by Crippen LogP contribution is -2.38. The summed E-state index contributed by atoms with van der Waals surface area (Å²) in [6.45, 7) is 5.77. The smallest absolute Gasteiger partial charge is 0.147 e. The highest BCUT2D eigenvalue weighted by molar-refractivity contribution is 5.81. The van der Waals surface area contributed by atoms with Crippen molar-refractivity contribution in [3.63, 3.8) is 0 Å². The maximum atomic E-state index is 11.0. The molecule has 0 saturated carbocycles. The Morgan fingerprint density at radius 2 is 1.70 bits per heavy atom. The van der Waals surface area contributed by atoms with Crippen LogP contribution >= 0.6 is 0 Å². The average molecular weight is 143 g/mol. The van der Waals surface area contributed by atoms with Crippen LogP contribution in [0.25, 0.3) is 0 Å². The molecule has 0 heterocycles. The van der Waals surface area contributed by atoms with E-state index < -0.39 is 0 Å². The molecule has 0 aliphatic heterocycles. The van der Waals surface area contributed by atoms with Crippen molar-refractivity contribution in [1.82, 2.24) is 4.90 Å². The fourth-order valence-electron chi connectivity index (χ4n) is 1.43. The molecule has 0 fully saturated rings. The van der Waals surface area contributed by atoms with Gasteiger partial charge in [0, 0.05) is 0 Å². The zero-order chi connectivity index (χ0) is 8.31. The maximum absolute atomic E-state index is 11.0. The highest BCUT2D eigenvalue weighted by atomic mass is 16.1. The van der Waals surface area contributed by atoms with Crippen LogP contribution in [-0.2, 0) is 4.79 Å². The van der Waals surface area contributed by atoms with E-state index >= 15 is 0 Å². The van der Waals surface area contributed by atoms with E-state index in [-0.39, 0.29) is 11.8 Å². The highest BCUT2D eigenvalue weighted by Gasteiger charge is 2.19. The molecule has 0 saturated heterocycles. The van der Waals surface area contributed by atoms with Gasteiger partial charge in [-0.1, -0.05) is 13.8 Å². The summed E-state index contributed by atoms with van der Waals surface area (Å²) in [5.74, 6) is 0.660. The standard InChI is InChI=1S/C8H17NO/c1-6(2)8(7(3)10)9(4)5/h6,8H,1-5H3/t8-/m1/s1. The molecule has 0 rings (SSSR count). The largest absolute Gasteiger partial charge is 0.300 e. The van der Waals surface area contributed by atoms with Crippen molar-refractivity contribution in [1.29, 1.82) is 0 Å². The molecule has 0 aromatic heterocycles. The Hall–Kier alpha value is -0.370. The number of ketones is 1. The first-order valence-electron chi connectivity index (χ1n) is 3.63. The molecule has 0 unspecified atom stereocenters. The Bertz CT molecular complexity index is 110. The van der Waals surface area contributed by atoms with Crippen LogP contribution in [0.1, 0.15) is 20.8 Å². The number of carbonyl (C=O) groups excluding carboxylic acids is 1. The molecule has 0 radical (unpaired) electrons. The van der Waals surface area contributed by atoms with Gasteiger partial charge in [-0.25, -0.2) is 0 Å². The van der Waals surface area contributed by atoms with Crippen molar-refractivity contribution < 1.29 is 4.79 Å². The van der Waals surface area contributed by atoms with Gasteiger partial charge in [0.25, 0.3) is 0 Å². The molecule has 0 aromatic carbocycles. The molecule has 0 aliphatic carbocycles. The molecule has 2 heteroatoms. The summed E-state index contributed by atoms with van der Waals surface area (Å²) in [6.07, 6.45) is 0. The van der Waals surface area contributed by atoms with Crippen molar-refractivity contribution in [2.45, 2.75) is 26.8 Å². The fourth-order valence-corrected chi connectivity index (χ4v) is 1.43. The number of hydrogen-bond acceptors (Lipinski definition) is 2. The predicted molar refractivity (Wildman–Crippen MR) is 43.0 cm³/mol. The lowest BCUT2D eigenvalue weighted by Gasteiger charge is -2.24. The van der Waals surface area contributed by atoms with Crippen molar-refractivity contribution in [2.75, 3.05) is 14.1 Å². The molecule has 2 nitrogen and oxygen atoms in total. The number of likely N-dealkylation sites (N-methyl/N-ethyl adjacent to an activating group) is 1. The minimum Gasteiger partial charge on any atom is -0.300 e. The zero-order valence-corrected chi connectivity index (χ0v) is 7.51. The summed E-state index contributed by atoms with van der Waals surface area (Å²) >= 11 is 0. The molecule has 0 aliphatic rings. The Labute approximate surface area is 63.2 Å². The molecule has 60 valence electrons. The van der Waals surface area contributed by atoms with Gasteiger partial charge in [-0.15, -0.1) is 0 Å². The van der Waals surface area contributed by atoms with Crippen molar-refractivity contribution in [3.8, 4) is 0 Å². The first-order chi connectivity index (χ1) is 4.46. The van der Waals surface area contributed by atoms with E-state index in [2.05, 4.69) is 13.8 Å². The third-order valence-electron chi connectivity index (χ3n) is 1.60. The van der Waals surface area contributed by atoms with Crippen LogP contribution in [-0.4, -0.2) is 30.8 Å². The van der Waals surface area contributed by atoms with Crippen LogP contribution in [0.2, 0.25) is 0 Å². The molecular formula is C8H17NO. The third kappa shape index (κ3) is 2.48. The van der Waals surface area contributed by atoms with E-state index in [0.29, 0.717) is 5.92 Å². The summed E-state index contributed by atoms with van der Waals surface area (Å²) in [5.41, 5.74) is 0. The van der Waals surface area contributed by atoms with Gasteiger partial charge in [-0.05, 0) is 26.9 Å². The molecule has 1 atom stereocenters. The van der Waals surface area contributed by atoms with Crippen LogP contribution < -0.4 is 0 Å². The second-order valence-corrected chi connectivity index (χ2v) is 3.26. The SMILES string of the molecule is CC(=O)[C@@H](C(C)C)N(C)C. The van der Waals surface area contributed by atoms with E-state index in [0.717, 1.165) is 0 Å². The van der Waals surface area contributed by atoms with Gasteiger partial charge in [0.05, 0.1) is 6.04 Å². The molecular weight excluding hydrogens is 126 g/mol. The second kappa shape index (κ2) is 3.71. The van der Waals surface area contributed by atoms with Gasteiger partial charge < -0.3 is 0 Å². The lowest BCUT2D eigenvalue weighted by atomic mass is 10.0. The van der Waals surface area contributed by atoms with Crippen LogP contribution in [0.5, 0.6) is 0 Å². The van der Waals surface area contributed by atoms with E-state index in [1.807, 2.05) is 19.0 Å². The second-order valence-electron chi connectivity index (χ2n) is 3.26. The van der Waals surface area contributed by atoms with Gasteiger partial charge in [0.1, 0.15) is 5.78 Å². The number of carbonyl (C=O) groups is 1. The number of nitrogens with zero attached hydrogens (tertiary/aromatic N) is 1. The van der Waals surface area contributed by atoms with Gasteiger partial charge in [0.2, 0.25) is 0 Å². The van der Waals surface area contributed by atoms with E-state index in [1.165, 1.54) is 0 Å². The van der Waals surface area contributed by atoms with E-state index in [9.17, 15) is 4.79 Å². The molecule has 0 bridgehead atoms. The Balaban J connectivity index is 4.12. The van der Waals surface area contributed by atoms with E-state index in [1.54, 1.807) is 6.92 Å². The Kier molecular flexibility index (Phi) is 3.58. The number of rotatable bonds is 3. The van der Waals surface area contributed by atoms with Gasteiger partial charge >= 0.3 is 0 Å². The summed E-state index contributed by atoms with van der Waals surface area (Å²) in [5, 5.41) is 0. The van der Waals surface area contributed by atoms with Gasteiger partial charge in [0.15, 0.2) is 0 Å². The first-order valence-corrected chi connectivity index (χ1v) is 3.63. The molecule has 0 aromatic rings. The lowest BCUT2D eigenvalue weighted by molar-refractivity contribution is -0.122. The fraction of sp³-hybridized carbons (Fsp3) is 0.875. The summed E-state index contributed by atoms with van der Waals surface area (Å²) in [4.78, 5) is 13.0. The Morgan fingerprint density at radius 1 is 1.30 bits per heavy atom. The van der Waals surface area contributed by atoms with E-state index in [4.69, 9.17) is 0 Å². The summed E-state index contributed by atoms with van der Waals surface area (Å²) in [6, 6.07) is 0.0833. The van der Waals surface area contributed by atoms with Crippen LogP contribution in [0.4, 0.5) is 0 Å². The Morgan fingerprint density at radius 3 is 1.70 bits per heavy atom.